The highest BCUT2D eigenvalue weighted by Gasteiger charge is 2.21. The van der Waals surface area contributed by atoms with Crippen LogP contribution in [0.5, 0.6) is 0 Å². The molecule has 0 aromatic carbocycles. The lowest BCUT2D eigenvalue weighted by Crippen LogP contribution is -2.48. The fourth-order valence-corrected chi connectivity index (χ4v) is 2.04. The lowest BCUT2D eigenvalue weighted by atomic mass is 10.0. The second-order valence-electron chi connectivity index (χ2n) is 7.09. The third-order valence-corrected chi connectivity index (χ3v) is 3.28. The third-order valence-electron chi connectivity index (χ3n) is 3.28. The van der Waals surface area contributed by atoms with E-state index in [9.17, 15) is 4.79 Å². The molecule has 2 unspecified atom stereocenters. The third kappa shape index (κ3) is 7.50. The number of nitrogens with one attached hydrogen (secondary N) is 2. The molecule has 5 nitrogen and oxygen atoms in total. The summed E-state index contributed by atoms with van der Waals surface area (Å²) in [6, 6.07) is 4.15. The van der Waals surface area contributed by atoms with Gasteiger partial charge in [-0.1, -0.05) is 13.8 Å². The van der Waals surface area contributed by atoms with E-state index in [4.69, 9.17) is 9.15 Å². The molecular formula is C17H30N2O3. The molecule has 0 saturated heterocycles. The Bertz CT molecular complexity index is 435. The molecule has 0 aliphatic rings. The summed E-state index contributed by atoms with van der Waals surface area (Å²) in [7, 11) is 0. The van der Waals surface area contributed by atoms with Crippen molar-refractivity contribution in [2.75, 3.05) is 6.54 Å². The van der Waals surface area contributed by atoms with Crippen molar-refractivity contribution in [2.24, 2.45) is 5.92 Å². The van der Waals surface area contributed by atoms with Gasteiger partial charge in [0.2, 0.25) is 0 Å². The largest absolute Gasteiger partial charge is 0.469 e. The van der Waals surface area contributed by atoms with Crippen molar-refractivity contribution in [1.82, 2.24) is 10.6 Å². The van der Waals surface area contributed by atoms with E-state index in [1.54, 1.807) is 6.26 Å². The average Bonchev–Trinajstić information content (AvgIpc) is 2.84. The number of ether oxygens (including phenoxy) is 1. The van der Waals surface area contributed by atoms with E-state index in [0.29, 0.717) is 12.5 Å². The fraction of sp³-hybridized carbons (Fsp3) is 0.706. The quantitative estimate of drug-likeness (QED) is 0.810. The van der Waals surface area contributed by atoms with Crippen molar-refractivity contribution >= 4 is 6.09 Å². The van der Waals surface area contributed by atoms with E-state index in [0.717, 1.165) is 12.2 Å². The lowest BCUT2D eigenvalue weighted by Gasteiger charge is -2.27. The van der Waals surface area contributed by atoms with Crippen LogP contribution in [0.2, 0.25) is 0 Å². The first-order valence-corrected chi connectivity index (χ1v) is 7.92. The average molecular weight is 310 g/mol. The maximum absolute atomic E-state index is 11.9. The highest BCUT2D eigenvalue weighted by Crippen LogP contribution is 2.09. The van der Waals surface area contributed by atoms with Gasteiger partial charge >= 0.3 is 6.09 Å². The second kappa shape index (κ2) is 8.22. The Balaban J connectivity index is 2.42. The van der Waals surface area contributed by atoms with Crippen molar-refractivity contribution in [3.05, 3.63) is 24.2 Å². The monoisotopic (exact) mass is 310 g/mol. The van der Waals surface area contributed by atoms with Crippen LogP contribution >= 0.6 is 0 Å². The van der Waals surface area contributed by atoms with Crippen molar-refractivity contribution < 1.29 is 13.9 Å². The predicted octanol–water partition coefficient (Wildman–Crippen LogP) is 3.35. The van der Waals surface area contributed by atoms with Crippen molar-refractivity contribution in [1.29, 1.82) is 0 Å². The van der Waals surface area contributed by atoms with Crippen molar-refractivity contribution in [3.8, 4) is 0 Å². The predicted molar refractivity (Wildman–Crippen MR) is 87.9 cm³/mol. The molecule has 1 amide bonds. The van der Waals surface area contributed by atoms with E-state index in [-0.39, 0.29) is 18.2 Å². The number of furan rings is 1. The van der Waals surface area contributed by atoms with Gasteiger partial charge in [-0.05, 0) is 45.7 Å². The Labute approximate surface area is 133 Å². The summed E-state index contributed by atoms with van der Waals surface area (Å²) in [6.45, 7) is 12.6. The van der Waals surface area contributed by atoms with Gasteiger partial charge < -0.3 is 19.8 Å². The van der Waals surface area contributed by atoms with Gasteiger partial charge in [0.1, 0.15) is 11.4 Å². The van der Waals surface area contributed by atoms with Crippen LogP contribution in [0, 0.1) is 5.92 Å². The van der Waals surface area contributed by atoms with Crippen LogP contribution in [-0.2, 0) is 11.2 Å². The number of alkyl carbamates (subject to hydrolysis) is 1. The van der Waals surface area contributed by atoms with E-state index >= 15 is 0 Å². The maximum atomic E-state index is 11.9. The van der Waals surface area contributed by atoms with Gasteiger partial charge in [-0.15, -0.1) is 0 Å². The SMILES string of the molecule is CC(Cc1ccco1)NCC(NC(=O)OC(C)(C)C)C(C)C. The molecule has 1 heterocycles. The van der Waals surface area contributed by atoms with E-state index in [2.05, 4.69) is 31.4 Å². The molecule has 0 bridgehead atoms. The standard InChI is InChI=1S/C17H30N2O3/c1-12(2)15(19-16(20)22-17(4,5)6)11-18-13(3)10-14-8-7-9-21-14/h7-9,12-13,15,18H,10-11H2,1-6H3,(H,19,20). The number of hydrogen-bond donors (Lipinski definition) is 2. The van der Waals surface area contributed by atoms with Crippen LogP contribution in [0.3, 0.4) is 0 Å². The lowest BCUT2D eigenvalue weighted by molar-refractivity contribution is 0.0489. The van der Waals surface area contributed by atoms with Gasteiger partial charge in [-0.3, -0.25) is 0 Å². The summed E-state index contributed by atoms with van der Waals surface area (Å²) >= 11 is 0. The molecule has 2 atom stereocenters. The first-order valence-electron chi connectivity index (χ1n) is 7.92. The molecule has 126 valence electrons. The van der Waals surface area contributed by atoms with E-state index < -0.39 is 5.60 Å². The zero-order valence-electron chi connectivity index (χ0n) is 14.6. The van der Waals surface area contributed by atoms with Crippen LogP contribution in [0.1, 0.15) is 47.3 Å². The van der Waals surface area contributed by atoms with Crippen LogP contribution in [-0.4, -0.2) is 30.3 Å². The van der Waals surface area contributed by atoms with Gasteiger partial charge in [0.05, 0.1) is 6.26 Å². The molecule has 1 aromatic rings. The zero-order chi connectivity index (χ0) is 16.8. The summed E-state index contributed by atoms with van der Waals surface area (Å²) in [5.74, 6) is 1.28. The summed E-state index contributed by atoms with van der Waals surface area (Å²) in [4.78, 5) is 11.9. The first kappa shape index (κ1) is 18.6. The molecule has 2 N–H and O–H groups in total. The Morgan fingerprint density at radius 1 is 1.32 bits per heavy atom. The minimum absolute atomic E-state index is 0.0221. The van der Waals surface area contributed by atoms with E-state index in [1.165, 1.54) is 0 Å². The topological polar surface area (TPSA) is 63.5 Å². The minimum Gasteiger partial charge on any atom is -0.469 e. The van der Waals surface area contributed by atoms with Crippen molar-refractivity contribution in [2.45, 2.75) is 65.6 Å². The van der Waals surface area contributed by atoms with Gasteiger partial charge in [-0.2, -0.15) is 0 Å². The van der Waals surface area contributed by atoms with Crippen LogP contribution in [0.15, 0.2) is 22.8 Å². The number of carbonyl (C=O) groups is 1. The Morgan fingerprint density at radius 2 is 2.00 bits per heavy atom. The fourth-order valence-electron chi connectivity index (χ4n) is 2.04. The highest BCUT2D eigenvalue weighted by molar-refractivity contribution is 5.68. The first-order chi connectivity index (χ1) is 10.2. The Kier molecular flexibility index (Phi) is 6.94. The van der Waals surface area contributed by atoms with Crippen molar-refractivity contribution in [3.63, 3.8) is 0 Å². The molecule has 0 aliphatic carbocycles. The number of rotatable bonds is 7. The second-order valence-corrected chi connectivity index (χ2v) is 7.09. The molecule has 22 heavy (non-hydrogen) atoms. The molecule has 0 radical (unpaired) electrons. The molecule has 1 rings (SSSR count). The van der Waals surface area contributed by atoms with Gasteiger partial charge in [-0.25, -0.2) is 4.79 Å². The number of hydrogen-bond acceptors (Lipinski definition) is 4. The molecule has 0 aliphatic heterocycles. The summed E-state index contributed by atoms with van der Waals surface area (Å²) in [6.07, 6.45) is 2.14. The molecule has 5 heteroatoms. The van der Waals surface area contributed by atoms with Gasteiger partial charge in [0.15, 0.2) is 0 Å². The Morgan fingerprint density at radius 3 is 2.50 bits per heavy atom. The maximum Gasteiger partial charge on any atom is 0.407 e. The van der Waals surface area contributed by atoms with Gasteiger partial charge in [0.25, 0.3) is 0 Å². The number of carbonyl (C=O) groups excluding carboxylic acids is 1. The normalized spacial score (nSPS) is 14.7. The smallest absolute Gasteiger partial charge is 0.407 e. The Hall–Kier alpha value is -1.49. The number of amides is 1. The molecule has 0 fully saturated rings. The molecular weight excluding hydrogens is 280 g/mol. The van der Waals surface area contributed by atoms with Gasteiger partial charge in [0, 0.05) is 25.0 Å². The molecule has 0 spiro atoms. The summed E-state index contributed by atoms with van der Waals surface area (Å²) in [5, 5.41) is 6.38. The summed E-state index contributed by atoms with van der Waals surface area (Å²) in [5.41, 5.74) is -0.481. The molecule has 0 saturated carbocycles. The summed E-state index contributed by atoms with van der Waals surface area (Å²) < 4.78 is 10.7. The van der Waals surface area contributed by atoms with Crippen LogP contribution in [0.4, 0.5) is 4.79 Å². The minimum atomic E-state index is -0.481. The van der Waals surface area contributed by atoms with Crippen LogP contribution in [0.25, 0.3) is 0 Å². The highest BCUT2D eigenvalue weighted by atomic mass is 16.6. The van der Waals surface area contributed by atoms with E-state index in [1.807, 2.05) is 32.9 Å². The zero-order valence-corrected chi connectivity index (χ0v) is 14.6. The van der Waals surface area contributed by atoms with Crippen LogP contribution < -0.4 is 10.6 Å². The molecule has 1 aromatic heterocycles.